The van der Waals surface area contributed by atoms with Crippen LogP contribution in [0, 0.1) is 0 Å². The van der Waals surface area contributed by atoms with Gasteiger partial charge in [0.25, 0.3) is 5.91 Å². The number of aromatic hydroxyl groups is 1. The molecule has 1 aromatic carbocycles. The first kappa shape index (κ1) is 16.3. The molecule has 3 N–H and O–H groups in total. The maximum absolute atomic E-state index is 11.8. The lowest BCUT2D eigenvalue weighted by molar-refractivity contribution is -0.120. The van der Waals surface area contributed by atoms with Gasteiger partial charge in [-0.2, -0.15) is 5.10 Å². The van der Waals surface area contributed by atoms with E-state index in [-0.39, 0.29) is 23.6 Å². The molecule has 7 heteroatoms. The van der Waals surface area contributed by atoms with Gasteiger partial charge in [0.2, 0.25) is 5.91 Å². The standard InChI is InChI=1S/C16H17N3O4/c1-11(9-15(21)17-10-12-5-4-8-23-12)18-19-16(22)13-6-2-3-7-14(13)20/h2-8,20H,9-10H2,1H3,(H,17,21)(H,19,22)/b18-11+. The van der Waals surface area contributed by atoms with E-state index in [0.717, 1.165) is 0 Å². The Morgan fingerprint density at radius 3 is 2.70 bits per heavy atom. The SMILES string of the molecule is C/C(CC(=O)NCc1ccco1)=N\NC(=O)c1ccccc1O. The molecule has 120 valence electrons. The molecule has 0 radical (unpaired) electrons. The van der Waals surface area contributed by atoms with Crippen molar-refractivity contribution in [3.63, 3.8) is 0 Å². The van der Waals surface area contributed by atoms with Crippen LogP contribution in [0.5, 0.6) is 5.75 Å². The minimum absolute atomic E-state index is 0.0434. The van der Waals surface area contributed by atoms with Gasteiger partial charge in [-0.25, -0.2) is 5.43 Å². The molecule has 0 saturated carbocycles. The molecular weight excluding hydrogens is 298 g/mol. The Morgan fingerprint density at radius 1 is 1.22 bits per heavy atom. The third kappa shape index (κ3) is 4.99. The number of para-hydroxylation sites is 1. The molecule has 0 aliphatic heterocycles. The van der Waals surface area contributed by atoms with Crippen LogP contribution in [0.15, 0.2) is 52.2 Å². The van der Waals surface area contributed by atoms with Crippen LogP contribution in [-0.4, -0.2) is 22.6 Å². The first-order chi connectivity index (χ1) is 11.1. The fraction of sp³-hybridized carbons (Fsp3) is 0.188. The first-order valence-corrected chi connectivity index (χ1v) is 6.97. The Balaban J connectivity index is 1.81. The number of nitrogens with one attached hydrogen (secondary N) is 2. The maximum atomic E-state index is 11.8. The Hall–Kier alpha value is -3.09. The van der Waals surface area contributed by atoms with E-state index < -0.39 is 5.91 Å². The Labute approximate surface area is 133 Å². The molecule has 0 saturated heterocycles. The van der Waals surface area contributed by atoms with Gasteiger partial charge in [-0.05, 0) is 31.2 Å². The van der Waals surface area contributed by atoms with Gasteiger partial charge in [0.05, 0.1) is 24.8 Å². The minimum atomic E-state index is -0.543. The van der Waals surface area contributed by atoms with Crippen molar-refractivity contribution >= 4 is 17.5 Å². The van der Waals surface area contributed by atoms with Crippen molar-refractivity contribution in [3.8, 4) is 5.75 Å². The van der Waals surface area contributed by atoms with Gasteiger partial charge in [-0.3, -0.25) is 9.59 Å². The number of benzene rings is 1. The summed E-state index contributed by atoms with van der Waals surface area (Å²) in [5, 5.41) is 16.1. The van der Waals surface area contributed by atoms with Crippen LogP contribution in [-0.2, 0) is 11.3 Å². The van der Waals surface area contributed by atoms with Crippen molar-refractivity contribution in [3.05, 3.63) is 54.0 Å². The highest BCUT2D eigenvalue weighted by atomic mass is 16.3. The second-order valence-corrected chi connectivity index (χ2v) is 4.84. The zero-order chi connectivity index (χ0) is 16.7. The average molecular weight is 315 g/mol. The quantitative estimate of drug-likeness (QED) is 0.558. The molecule has 0 unspecified atom stereocenters. The molecule has 2 amide bonds. The number of phenolic OH excluding ortho intramolecular Hbond substituents is 1. The van der Waals surface area contributed by atoms with Gasteiger partial charge >= 0.3 is 0 Å². The fourth-order valence-electron chi connectivity index (χ4n) is 1.81. The first-order valence-electron chi connectivity index (χ1n) is 6.97. The summed E-state index contributed by atoms with van der Waals surface area (Å²) in [4.78, 5) is 23.6. The van der Waals surface area contributed by atoms with Crippen molar-refractivity contribution in [1.82, 2.24) is 10.7 Å². The van der Waals surface area contributed by atoms with E-state index in [9.17, 15) is 14.7 Å². The van der Waals surface area contributed by atoms with E-state index >= 15 is 0 Å². The van der Waals surface area contributed by atoms with Gasteiger partial charge in [0.1, 0.15) is 11.5 Å². The number of rotatable bonds is 6. The molecule has 1 aromatic heterocycles. The van der Waals surface area contributed by atoms with Crippen molar-refractivity contribution < 1.29 is 19.1 Å². The predicted octanol–water partition coefficient (Wildman–Crippen LogP) is 1.80. The summed E-state index contributed by atoms with van der Waals surface area (Å²) in [6, 6.07) is 9.63. The molecule has 2 rings (SSSR count). The lowest BCUT2D eigenvalue weighted by Crippen LogP contribution is -2.26. The van der Waals surface area contributed by atoms with Crippen molar-refractivity contribution in [2.45, 2.75) is 19.9 Å². The Morgan fingerprint density at radius 2 is 2.00 bits per heavy atom. The molecule has 23 heavy (non-hydrogen) atoms. The van der Waals surface area contributed by atoms with E-state index in [2.05, 4.69) is 15.8 Å². The van der Waals surface area contributed by atoms with Crippen LogP contribution in [0.1, 0.15) is 29.5 Å². The van der Waals surface area contributed by atoms with Gasteiger partial charge in [0.15, 0.2) is 0 Å². The van der Waals surface area contributed by atoms with E-state index in [4.69, 9.17) is 4.42 Å². The summed E-state index contributed by atoms with van der Waals surface area (Å²) in [5.41, 5.74) is 2.86. The van der Waals surface area contributed by atoms with Crippen molar-refractivity contribution in [1.29, 1.82) is 0 Å². The summed E-state index contributed by atoms with van der Waals surface area (Å²) >= 11 is 0. The Kier molecular flexibility index (Phi) is 5.51. The van der Waals surface area contributed by atoms with Gasteiger partial charge in [0, 0.05) is 5.71 Å². The number of nitrogens with zero attached hydrogens (tertiary/aromatic N) is 1. The third-order valence-electron chi connectivity index (χ3n) is 2.95. The summed E-state index contributed by atoms with van der Waals surface area (Å²) in [5.74, 6) is -0.257. The Bertz CT molecular complexity index is 708. The lowest BCUT2D eigenvalue weighted by Gasteiger charge is -2.05. The zero-order valence-electron chi connectivity index (χ0n) is 12.6. The van der Waals surface area contributed by atoms with Crippen LogP contribution in [0.3, 0.4) is 0 Å². The normalized spacial score (nSPS) is 11.1. The highest BCUT2D eigenvalue weighted by Gasteiger charge is 2.10. The van der Waals surface area contributed by atoms with Gasteiger partial charge < -0.3 is 14.8 Å². The molecule has 0 bridgehead atoms. The number of furan rings is 1. The molecule has 0 fully saturated rings. The van der Waals surface area contributed by atoms with Crippen molar-refractivity contribution in [2.75, 3.05) is 0 Å². The second-order valence-electron chi connectivity index (χ2n) is 4.84. The number of carbonyl (C=O) groups is 2. The number of hydrazone groups is 1. The second kappa shape index (κ2) is 7.79. The summed E-state index contributed by atoms with van der Waals surface area (Å²) in [6.45, 7) is 1.92. The monoisotopic (exact) mass is 315 g/mol. The van der Waals surface area contributed by atoms with Crippen LogP contribution in [0.4, 0.5) is 0 Å². The van der Waals surface area contributed by atoms with E-state index in [1.807, 2.05) is 0 Å². The molecule has 0 atom stereocenters. The van der Waals surface area contributed by atoms with E-state index in [1.165, 1.54) is 18.4 Å². The molecule has 0 aliphatic carbocycles. The number of hydrogen-bond donors (Lipinski definition) is 3. The lowest BCUT2D eigenvalue weighted by atomic mass is 10.2. The topological polar surface area (TPSA) is 104 Å². The number of phenols is 1. The molecule has 0 aliphatic rings. The number of amides is 2. The molecular formula is C16H17N3O4. The number of carbonyl (C=O) groups excluding carboxylic acids is 2. The van der Waals surface area contributed by atoms with Crippen LogP contribution >= 0.6 is 0 Å². The highest BCUT2D eigenvalue weighted by molar-refractivity contribution is 6.01. The third-order valence-corrected chi connectivity index (χ3v) is 2.95. The minimum Gasteiger partial charge on any atom is -0.507 e. The van der Waals surface area contributed by atoms with Crippen LogP contribution in [0.2, 0.25) is 0 Å². The average Bonchev–Trinajstić information content (AvgIpc) is 3.04. The summed E-state index contributed by atoms with van der Waals surface area (Å²) < 4.78 is 5.10. The maximum Gasteiger partial charge on any atom is 0.275 e. The van der Waals surface area contributed by atoms with Crippen LogP contribution < -0.4 is 10.7 Å². The highest BCUT2D eigenvalue weighted by Crippen LogP contribution is 2.14. The number of hydrogen-bond acceptors (Lipinski definition) is 5. The zero-order valence-corrected chi connectivity index (χ0v) is 12.6. The van der Waals surface area contributed by atoms with Gasteiger partial charge in [-0.15, -0.1) is 0 Å². The van der Waals surface area contributed by atoms with E-state index in [0.29, 0.717) is 18.0 Å². The van der Waals surface area contributed by atoms with Crippen molar-refractivity contribution in [2.24, 2.45) is 5.10 Å². The molecule has 1 heterocycles. The molecule has 0 spiro atoms. The summed E-state index contributed by atoms with van der Waals surface area (Å²) in [7, 11) is 0. The van der Waals surface area contributed by atoms with E-state index in [1.54, 1.807) is 31.2 Å². The predicted molar refractivity (Wildman–Crippen MR) is 83.9 cm³/mol. The largest absolute Gasteiger partial charge is 0.507 e. The van der Waals surface area contributed by atoms with Crippen LogP contribution in [0.25, 0.3) is 0 Å². The van der Waals surface area contributed by atoms with Gasteiger partial charge in [-0.1, -0.05) is 12.1 Å². The molecule has 2 aromatic rings. The molecule has 7 nitrogen and oxygen atoms in total. The fourth-order valence-corrected chi connectivity index (χ4v) is 1.81. The summed E-state index contributed by atoms with van der Waals surface area (Å²) in [6.07, 6.45) is 1.57. The smallest absolute Gasteiger partial charge is 0.275 e.